The van der Waals surface area contributed by atoms with Crippen LogP contribution in [0.1, 0.15) is 46.6 Å². The average molecular weight is 498 g/mol. The van der Waals surface area contributed by atoms with E-state index in [2.05, 4.69) is 25.7 Å². The van der Waals surface area contributed by atoms with Crippen LogP contribution in [0.4, 0.5) is 0 Å². The molecule has 2 N–H and O–H groups in total. The number of benzene rings is 1. The molecule has 0 saturated heterocycles. The number of aromatic carboxylic acids is 1. The lowest BCUT2D eigenvalue weighted by Gasteiger charge is -2.17. The fraction of sp³-hybridized carbons (Fsp3) is 0.455. The van der Waals surface area contributed by atoms with Crippen molar-refractivity contribution in [2.24, 2.45) is 19.2 Å². The predicted molar refractivity (Wildman–Crippen MR) is 126 cm³/mol. The lowest BCUT2D eigenvalue weighted by Crippen LogP contribution is -2.24. The van der Waals surface area contributed by atoms with Gasteiger partial charge in [0.1, 0.15) is 36.1 Å². The highest BCUT2D eigenvalue weighted by molar-refractivity contribution is 5.89. The van der Waals surface area contributed by atoms with Gasteiger partial charge in [-0.15, -0.1) is 5.10 Å². The maximum absolute atomic E-state index is 12.0. The number of carboxylic acids is 1. The molecule has 0 fully saturated rings. The average Bonchev–Trinajstić information content (AvgIpc) is 3.71. The molecule has 14 heteroatoms. The zero-order chi connectivity index (χ0) is 25.7. The van der Waals surface area contributed by atoms with Crippen LogP contribution < -0.4 is 14.8 Å². The molecule has 14 nitrogen and oxygen atoms in total. The number of rotatable bonds is 15. The molecule has 0 aliphatic carbocycles. The molecule has 0 radical (unpaired) electrons. The third-order valence-electron chi connectivity index (χ3n) is 5.69. The van der Waals surface area contributed by atoms with E-state index in [-0.39, 0.29) is 31.0 Å². The molecule has 1 amide bonds. The summed E-state index contributed by atoms with van der Waals surface area (Å²) in [5, 5.41) is 23.8. The summed E-state index contributed by atoms with van der Waals surface area (Å²) in [5.41, 5.74) is 10.7. The molecule has 0 spiro atoms. The summed E-state index contributed by atoms with van der Waals surface area (Å²) in [4.78, 5) is 26.4. The van der Waals surface area contributed by atoms with Crippen LogP contribution in [0.15, 0.2) is 23.4 Å². The number of ether oxygens (including phenoxy) is 2. The summed E-state index contributed by atoms with van der Waals surface area (Å²) in [6, 6.07) is 2.97. The van der Waals surface area contributed by atoms with Crippen molar-refractivity contribution in [3.05, 3.63) is 51.3 Å². The summed E-state index contributed by atoms with van der Waals surface area (Å²) in [6.07, 6.45) is 3.53. The number of amides is 1. The third kappa shape index (κ3) is 5.96. The van der Waals surface area contributed by atoms with E-state index < -0.39 is 5.97 Å². The van der Waals surface area contributed by atoms with Crippen LogP contribution in [-0.4, -0.2) is 54.4 Å². The third-order valence-corrected chi connectivity index (χ3v) is 5.69. The van der Waals surface area contributed by atoms with Crippen molar-refractivity contribution in [2.75, 3.05) is 13.1 Å². The minimum Gasteiger partial charge on any atom is -0.487 e. The number of carbonyl (C=O) groups is 2. The Balaban J connectivity index is 1.45. The van der Waals surface area contributed by atoms with Gasteiger partial charge in [0.25, 0.3) is 0 Å². The minimum atomic E-state index is -1.09. The summed E-state index contributed by atoms with van der Waals surface area (Å²) in [5.74, 6) is 0.705. The molecular weight excluding hydrogens is 470 g/mol. The van der Waals surface area contributed by atoms with E-state index in [4.69, 9.17) is 15.0 Å². The summed E-state index contributed by atoms with van der Waals surface area (Å²) in [7, 11) is 3.69. The number of nitrogens with one attached hydrogen (secondary N) is 1. The van der Waals surface area contributed by atoms with E-state index in [9.17, 15) is 14.7 Å². The molecule has 36 heavy (non-hydrogen) atoms. The van der Waals surface area contributed by atoms with Crippen molar-refractivity contribution in [1.29, 1.82) is 0 Å². The molecule has 0 saturated carbocycles. The Kier molecular flexibility index (Phi) is 7.44. The van der Waals surface area contributed by atoms with Crippen LogP contribution in [0, 0.1) is 0 Å². The Bertz CT molecular complexity index is 1300. The van der Waals surface area contributed by atoms with Crippen LogP contribution in [0.3, 0.4) is 0 Å². The first-order chi connectivity index (χ1) is 17.4. The molecule has 0 unspecified atom stereocenters. The van der Waals surface area contributed by atoms with Gasteiger partial charge in [-0.25, -0.2) is 9.48 Å². The van der Waals surface area contributed by atoms with E-state index in [1.54, 1.807) is 17.9 Å². The van der Waals surface area contributed by atoms with Crippen molar-refractivity contribution < 1.29 is 24.2 Å². The van der Waals surface area contributed by atoms with E-state index in [0.717, 1.165) is 11.5 Å². The Hall–Kier alpha value is -4.45. The Morgan fingerprint density at radius 2 is 1.92 bits per heavy atom. The van der Waals surface area contributed by atoms with E-state index in [1.807, 2.05) is 16.4 Å². The quantitative estimate of drug-likeness (QED) is 0.110. The van der Waals surface area contributed by atoms with Gasteiger partial charge in [0, 0.05) is 44.1 Å². The van der Waals surface area contributed by atoms with Crippen LogP contribution in [0.25, 0.3) is 16.3 Å². The van der Waals surface area contributed by atoms with Gasteiger partial charge in [-0.05, 0) is 36.9 Å². The fourth-order valence-electron chi connectivity index (χ4n) is 3.79. The second-order valence-electron chi connectivity index (χ2n) is 8.33. The van der Waals surface area contributed by atoms with Crippen molar-refractivity contribution in [3.63, 3.8) is 0 Å². The Labute approximate surface area is 206 Å². The molecule has 190 valence electrons. The molecule has 2 aliphatic rings. The van der Waals surface area contributed by atoms with E-state index in [0.29, 0.717) is 55.2 Å². The van der Waals surface area contributed by atoms with Crippen LogP contribution >= 0.6 is 0 Å². The lowest BCUT2D eigenvalue weighted by atomic mass is 10.0. The van der Waals surface area contributed by atoms with E-state index in [1.165, 1.54) is 12.1 Å². The maximum atomic E-state index is 12.0. The smallest absolute Gasteiger partial charge is 0.335 e. The number of hydrogen-bond donors (Lipinski definition) is 2. The standard InChI is InChI=1S/C22H27N9O5/c1-29-11-15(26-28-29)12-35-18-9-14(22(33)34)10-19(36-13-17-21-30(2)31(17)21)16(18)5-3-7-24-20(32)6-4-8-25-27-23/h9-11H,3-8,12-13H2,1-2H3,(H,24,32)(H,33,34). The van der Waals surface area contributed by atoms with Crippen LogP contribution in [0.5, 0.6) is 11.5 Å². The van der Waals surface area contributed by atoms with Crippen molar-refractivity contribution in [1.82, 2.24) is 29.7 Å². The zero-order valence-corrected chi connectivity index (χ0v) is 20.0. The normalized spacial score (nSPS) is 11.2. The van der Waals surface area contributed by atoms with Crippen molar-refractivity contribution in [3.8, 4) is 17.3 Å². The van der Waals surface area contributed by atoms with Crippen molar-refractivity contribution in [2.45, 2.75) is 38.9 Å². The molecule has 0 atom stereocenters. The van der Waals surface area contributed by atoms with Gasteiger partial charge in [-0.3, -0.25) is 14.2 Å². The Morgan fingerprint density at radius 3 is 2.53 bits per heavy atom. The molecule has 1 aromatic carbocycles. The molecular formula is C22H27N9O5. The summed E-state index contributed by atoms with van der Waals surface area (Å²) >= 11 is 0. The second-order valence-corrected chi connectivity index (χ2v) is 8.33. The summed E-state index contributed by atoms with van der Waals surface area (Å²) < 4.78 is 17.5. The van der Waals surface area contributed by atoms with Crippen molar-refractivity contribution >= 4 is 11.9 Å². The van der Waals surface area contributed by atoms with Gasteiger partial charge in [0.2, 0.25) is 5.91 Å². The number of nitrogens with zero attached hydrogens (tertiary/aromatic N) is 8. The Morgan fingerprint density at radius 1 is 1.19 bits per heavy atom. The molecule has 3 heterocycles. The van der Waals surface area contributed by atoms with Gasteiger partial charge in [-0.2, -0.15) is 0 Å². The molecule has 2 aliphatic heterocycles. The molecule has 4 rings (SSSR count). The lowest BCUT2D eigenvalue weighted by molar-refractivity contribution is -0.121. The number of azide groups is 1. The highest BCUT2D eigenvalue weighted by atomic mass is 16.5. The fourth-order valence-corrected chi connectivity index (χ4v) is 3.79. The van der Waals surface area contributed by atoms with Gasteiger partial charge >= 0.3 is 5.97 Å². The number of fused-ring (bicyclic) bond motifs is 1. The zero-order valence-electron chi connectivity index (χ0n) is 20.0. The highest BCUT2D eigenvalue weighted by Gasteiger charge is 2.38. The second kappa shape index (κ2) is 10.9. The first kappa shape index (κ1) is 24.7. The monoisotopic (exact) mass is 497 g/mol. The van der Waals surface area contributed by atoms with Crippen LogP contribution in [0.2, 0.25) is 0 Å². The minimum absolute atomic E-state index is 0.0484. The highest BCUT2D eigenvalue weighted by Crippen LogP contribution is 2.39. The number of hydrogen-bond acceptors (Lipinski definition) is 7. The van der Waals surface area contributed by atoms with Gasteiger partial charge in [-0.1, -0.05) is 10.3 Å². The first-order valence-electron chi connectivity index (χ1n) is 11.4. The SMILES string of the molecule is Cn1cc(COc2cc(C(=O)O)cc(OCc3c4n(C)n3-4)c2CCCNC(=O)CCCN=[N+]=[N-])nn1. The number of carbonyl (C=O) groups excluding carboxylic acids is 1. The van der Waals surface area contributed by atoms with Gasteiger partial charge < -0.3 is 19.9 Å². The van der Waals surface area contributed by atoms with Gasteiger partial charge in [0.05, 0.1) is 11.8 Å². The molecule has 1 aromatic heterocycles. The largest absolute Gasteiger partial charge is 0.487 e. The number of aromatic nitrogens is 5. The maximum Gasteiger partial charge on any atom is 0.335 e. The topological polar surface area (TPSA) is 174 Å². The van der Waals surface area contributed by atoms with Crippen LogP contribution in [-0.2, 0) is 38.5 Å². The molecule has 0 bridgehead atoms. The summed E-state index contributed by atoms with van der Waals surface area (Å²) in [6.45, 7) is 1.12. The number of aryl methyl sites for hydroxylation is 2. The number of carboxylic acid groups (broad SMARTS) is 1. The predicted octanol–water partition coefficient (Wildman–Crippen LogP) is 2.25. The van der Waals surface area contributed by atoms with E-state index >= 15 is 0 Å². The molecule has 2 aromatic rings. The first-order valence-corrected chi connectivity index (χ1v) is 11.4. The van der Waals surface area contributed by atoms with Gasteiger partial charge in [0.15, 0.2) is 5.82 Å².